The summed E-state index contributed by atoms with van der Waals surface area (Å²) in [6.07, 6.45) is 4.34. The number of aromatic nitrogens is 1. The third-order valence-electron chi connectivity index (χ3n) is 4.40. The fourth-order valence-electron chi connectivity index (χ4n) is 3.06. The molecule has 0 spiro atoms. The van der Waals surface area contributed by atoms with Crippen molar-refractivity contribution < 1.29 is 4.57 Å². The van der Waals surface area contributed by atoms with E-state index in [4.69, 9.17) is 0 Å². The van der Waals surface area contributed by atoms with Gasteiger partial charge in [-0.3, -0.25) is 0 Å². The molecule has 0 aliphatic rings. The van der Waals surface area contributed by atoms with Crippen LogP contribution in [0.5, 0.6) is 0 Å². The molecule has 0 bridgehead atoms. The molecule has 2 aromatic carbocycles. The fourth-order valence-corrected chi connectivity index (χ4v) is 3.06. The van der Waals surface area contributed by atoms with Gasteiger partial charge in [-0.05, 0) is 61.6 Å². The number of aryl methyl sites for hydroxylation is 4. The highest BCUT2D eigenvalue weighted by atomic mass is 14.9. The summed E-state index contributed by atoms with van der Waals surface area (Å²) in [5.74, 6) is 0. The smallest absolute Gasteiger partial charge is 0.176 e. The van der Waals surface area contributed by atoms with E-state index in [1.807, 2.05) is 0 Å². The van der Waals surface area contributed by atoms with Gasteiger partial charge >= 0.3 is 0 Å². The van der Waals surface area contributed by atoms with Gasteiger partial charge in [-0.1, -0.05) is 23.8 Å². The predicted molar refractivity (Wildman–Crippen MR) is 89.5 cm³/mol. The second-order valence-electron chi connectivity index (χ2n) is 6.13. The van der Waals surface area contributed by atoms with Gasteiger partial charge in [-0.25, -0.2) is 4.57 Å². The second kappa shape index (κ2) is 5.00. The van der Waals surface area contributed by atoms with Crippen molar-refractivity contribution in [1.29, 1.82) is 0 Å². The summed E-state index contributed by atoms with van der Waals surface area (Å²) in [6.45, 7) is 8.80. The van der Waals surface area contributed by atoms with Gasteiger partial charge in [0.2, 0.25) is 0 Å². The minimum Gasteiger partial charge on any atom is -0.207 e. The van der Waals surface area contributed by atoms with Crippen LogP contribution in [-0.2, 0) is 7.05 Å². The molecule has 0 atom stereocenters. The summed E-state index contributed by atoms with van der Waals surface area (Å²) in [5.41, 5.74) is 8.12. The predicted octanol–water partition coefficient (Wildman–Crippen LogP) is 4.56. The molecule has 0 unspecified atom stereocenters. The molecule has 1 heteroatoms. The van der Waals surface area contributed by atoms with Crippen LogP contribution in [0.2, 0.25) is 0 Å². The van der Waals surface area contributed by atoms with E-state index in [2.05, 4.69) is 82.0 Å². The summed E-state index contributed by atoms with van der Waals surface area (Å²) < 4.78 is 2.12. The fraction of sp³-hybridized carbons (Fsp3) is 0.250. The normalized spacial score (nSPS) is 11.1. The molecular formula is C20H22N+. The van der Waals surface area contributed by atoms with E-state index in [1.165, 1.54) is 44.2 Å². The van der Waals surface area contributed by atoms with Crippen molar-refractivity contribution in [2.75, 3.05) is 0 Å². The molecule has 1 heterocycles. The first-order valence-electron chi connectivity index (χ1n) is 7.44. The lowest BCUT2D eigenvalue weighted by atomic mass is 9.89. The molecule has 3 aromatic rings. The minimum absolute atomic E-state index is 1.30. The molecule has 0 saturated carbocycles. The summed E-state index contributed by atoms with van der Waals surface area (Å²) in [7, 11) is 2.08. The highest BCUT2D eigenvalue weighted by Crippen LogP contribution is 2.35. The Labute approximate surface area is 126 Å². The Kier molecular flexibility index (Phi) is 3.29. The molecule has 0 amide bonds. The molecule has 0 aliphatic carbocycles. The third kappa shape index (κ3) is 2.33. The first-order chi connectivity index (χ1) is 9.97. The van der Waals surface area contributed by atoms with Crippen LogP contribution in [0.15, 0.2) is 42.7 Å². The maximum absolute atomic E-state index is 2.31. The molecule has 21 heavy (non-hydrogen) atoms. The van der Waals surface area contributed by atoms with Gasteiger partial charge in [0, 0.05) is 16.8 Å². The number of hydrogen-bond acceptors (Lipinski definition) is 0. The molecule has 106 valence electrons. The van der Waals surface area contributed by atoms with Crippen molar-refractivity contribution in [3.05, 3.63) is 65.0 Å². The van der Waals surface area contributed by atoms with Crippen LogP contribution in [0, 0.1) is 27.7 Å². The standard InChI is InChI=1S/C20H22N/c1-13-6-7-14(2)19(10-13)20-16(4)15(3)11-17-12-21(5)9-8-18(17)20/h6-12H,1-5H3/q+1. The van der Waals surface area contributed by atoms with Gasteiger partial charge in [0.25, 0.3) is 0 Å². The Hall–Kier alpha value is -2.15. The van der Waals surface area contributed by atoms with E-state index in [9.17, 15) is 0 Å². The van der Waals surface area contributed by atoms with Crippen molar-refractivity contribution in [2.45, 2.75) is 27.7 Å². The Morgan fingerprint density at radius 2 is 1.62 bits per heavy atom. The Morgan fingerprint density at radius 1 is 0.857 bits per heavy atom. The monoisotopic (exact) mass is 276 g/mol. The summed E-state index contributed by atoms with van der Waals surface area (Å²) in [4.78, 5) is 0. The summed E-state index contributed by atoms with van der Waals surface area (Å²) >= 11 is 0. The second-order valence-corrected chi connectivity index (χ2v) is 6.13. The average Bonchev–Trinajstić information content (AvgIpc) is 2.44. The van der Waals surface area contributed by atoms with Gasteiger partial charge < -0.3 is 0 Å². The molecule has 3 rings (SSSR count). The topological polar surface area (TPSA) is 3.88 Å². The van der Waals surface area contributed by atoms with Gasteiger partial charge in [0.05, 0.1) is 0 Å². The van der Waals surface area contributed by atoms with Gasteiger partial charge in [-0.2, -0.15) is 0 Å². The van der Waals surface area contributed by atoms with Gasteiger partial charge in [-0.15, -0.1) is 0 Å². The Bertz CT molecular complexity index is 844. The molecular weight excluding hydrogens is 254 g/mol. The van der Waals surface area contributed by atoms with Crippen molar-refractivity contribution in [1.82, 2.24) is 0 Å². The number of rotatable bonds is 1. The first kappa shape index (κ1) is 13.8. The third-order valence-corrected chi connectivity index (χ3v) is 4.40. The van der Waals surface area contributed by atoms with E-state index in [1.54, 1.807) is 0 Å². The van der Waals surface area contributed by atoms with E-state index in [0.717, 1.165) is 0 Å². The average molecular weight is 276 g/mol. The molecule has 1 aromatic heterocycles. The van der Waals surface area contributed by atoms with E-state index in [-0.39, 0.29) is 0 Å². The maximum atomic E-state index is 2.31. The Balaban J connectivity index is 2.45. The molecule has 0 saturated heterocycles. The highest BCUT2D eigenvalue weighted by Gasteiger charge is 2.14. The van der Waals surface area contributed by atoms with Crippen LogP contribution in [0.4, 0.5) is 0 Å². The number of benzene rings is 2. The molecule has 0 fully saturated rings. The van der Waals surface area contributed by atoms with E-state index >= 15 is 0 Å². The molecule has 1 nitrogen and oxygen atoms in total. The number of fused-ring (bicyclic) bond motifs is 1. The molecule has 0 aliphatic heterocycles. The van der Waals surface area contributed by atoms with Crippen molar-refractivity contribution >= 4 is 10.8 Å². The molecule has 0 radical (unpaired) electrons. The van der Waals surface area contributed by atoms with Crippen molar-refractivity contribution in [3.8, 4) is 11.1 Å². The van der Waals surface area contributed by atoms with Crippen LogP contribution in [0.1, 0.15) is 22.3 Å². The van der Waals surface area contributed by atoms with Crippen LogP contribution < -0.4 is 4.57 Å². The summed E-state index contributed by atoms with van der Waals surface area (Å²) in [5, 5.41) is 2.64. The maximum Gasteiger partial charge on any atom is 0.176 e. The number of hydrogen-bond donors (Lipinski definition) is 0. The van der Waals surface area contributed by atoms with Crippen LogP contribution >= 0.6 is 0 Å². The quantitative estimate of drug-likeness (QED) is 0.573. The van der Waals surface area contributed by atoms with Gasteiger partial charge in [0.1, 0.15) is 7.05 Å². The van der Waals surface area contributed by atoms with Crippen molar-refractivity contribution in [2.24, 2.45) is 7.05 Å². The number of nitrogens with zero attached hydrogens (tertiary/aromatic N) is 1. The lowest BCUT2D eigenvalue weighted by molar-refractivity contribution is -0.670. The van der Waals surface area contributed by atoms with Crippen LogP contribution in [-0.4, -0.2) is 0 Å². The molecule has 0 N–H and O–H groups in total. The zero-order valence-corrected chi connectivity index (χ0v) is 13.5. The zero-order chi connectivity index (χ0) is 15.1. The van der Waals surface area contributed by atoms with Crippen molar-refractivity contribution in [3.63, 3.8) is 0 Å². The first-order valence-corrected chi connectivity index (χ1v) is 7.44. The highest BCUT2D eigenvalue weighted by molar-refractivity contribution is 5.99. The Morgan fingerprint density at radius 3 is 2.38 bits per heavy atom. The van der Waals surface area contributed by atoms with Crippen LogP contribution in [0.3, 0.4) is 0 Å². The lowest BCUT2D eigenvalue weighted by Crippen LogP contribution is -2.26. The van der Waals surface area contributed by atoms with E-state index < -0.39 is 0 Å². The SMILES string of the molecule is Cc1ccc(C)c(-c2c(C)c(C)cc3c[n+](C)ccc23)c1. The zero-order valence-electron chi connectivity index (χ0n) is 13.5. The van der Waals surface area contributed by atoms with Gasteiger partial charge in [0.15, 0.2) is 12.4 Å². The number of pyridine rings is 1. The minimum atomic E-state index is 1.30. The lowest BCUT2D eigenvalue weighted by Gasteiger charge is -2.15. The van der Waals surface area contributed by atoms with Crippen LogP contribution in [0.25, 0.3) is 21.9 Å². The largest absolute Gasteiger partial charge is 0.207 e. The van der Waals surface area contributed by atoms with E-state index in [0.29, 0.717) is 0 Å². The summed E-state index contributed by atoms with van der Waals surface area (Å²) in [6, 6.07) is 11.2.